The predicted molar refractivity (Wildman–Crippen MR) is 80.8 cm³/mol. The fourth-order valence-corrected chi connectivity index (χ4v) is 2.57. The van der Waals surface area contributed by atoms with Gasteiger partial charge in [0.15, 0.2) is 0 Å². The number of nitrogens with one attached hydrogen (secondary N) is 2. The molecule has 1 aliphatic heterocycles. The number of hydrogen-bond donors (Lipinski definition) is 2. The van der Waals surface area contributed by atoms with Crippen LogP contribution in [0.5, 0.6) is 0 Å². The quantitative estimate of drug-likeness (QED) is 0.669. The van der Waals surface area contributed by atoms with Gasteiger partial charge in [0.1, 0.15) is 5.82 Å². The third kappa shape index (κ3) is 2.71. The third-order valence-electron chi connectivity index (χ3n) is 3.67. The summed E-state index contributed by atoms with van der Waals surface area (Å²) in [5.74, 6) is 0.499. The molecule has 0 aliphatic carbocycles. The van der Waals surface area contributed by atoms with Crippen LogP contribution in [0.1, 0.15) is 16.7 Å². The van der Waals surface area contributed by atoms with Gasteiger partial charge in [0, 0.05) is 24.0 Å². The highest BCUT2D eigenvalue weighted by molar-refractivity contribution is 5.64. The molecule has 0 atom stereocenters. The SMILES string of the molecule is Cc1cnc(Nc2cccc3c2CCNC3)cc1[N+](=O)[O-]. The van der Waals surface area contributed by atoms with Gasteiger partial charge < -0.3 is 10.6 Å². The Morgan fingerprint density at radius 3 is 3.10 bits per heavy atom. The molecule has 1 aromatic heterocycles. The molecule has 2 aromatic rings. The van der Waals surface area contributed by atoms with Crippen LogP contribution in [-0.4, -0.2) is 16.5 Å². The highest BCUT2D eigenvalue weighted by Gasteiger charge is 2.15. The summed E-state index contributed by atoms with van der Waals surface area (Å²) in [6, 6.07) is 7.54. The molecule has 0 amide bonds. The third-order valence-corrected chi connectivity index (χ3v) is 3.67. The summed E-state index contributed by atoms with van der Waals surface area (Å²) < 4.78 is 0. The predicted octanol–water partition coefficient (Wildman–Crippen LogP) is 2.69. The highest BCUT2D eigenvalue weighted by Crippen LogP contribution is 2.27. The monoisotopic (exact) mass is 284 g/mol. The first kappa shape index (κ1) is 13.5. The van der Waals surface area contributed by atoms with E-state index in [0.29, 0.717) is 11.4 Å². The molecule has 0 saturated carbocycles. The largest absolute Gasteiger partial charge is 0.340 e. The first-order valence-electron chi connectivity index (χ1n) is 6.84. The van der Waals surface area contributed by atoms with Gasteiger partial charge >= 0.3 is 0 Å². The standard InChI is InChI=1S/C15H16N4O2/c1-10-8-17-15(7-14(10)19(20)21)18-13-4-2-3-11-9-16-6-5-12(11)13/h2-4,7-8,16H,5-6,9H2,1H3,(H,17,18). The minimum atomic E-state index is -0.382. The Morgan fingerprint density at radius 1 is 1.43 bits per heavy atom. The van der Waals surface area contributed by atoms with E-state index in [2.05, 4.69) is 21.7 Å². The van der Waals surface area contributed by atoms with E-state index in [0.717, 1.165) is 25.2 Å². The number of rotatable bonds is 3. The number of nitro groups is 1. The number of fused-ring (bicyclic) bond motifs is 1. The highest BCUT2D eigenvalue weighted by atomic mass is 16.6. The van der Waals surface area contributed by atoms with Crippen molar-refractivity contribution in [3.05, 3.63) is 57.3 Å². The van der Waals surface area contributed by atoms with Gasteiger partial charge in [0.25, 0.3) is 5.69 Å². The molecular formula is C15H16N4O2. The van der Waals surface area contributed by atoms with E-state index in [1.165, 1.54) is 23.4 Å². The Balaban J connectivity index is 1.94. The van der Waals surface area contributed by atoms with Gasteiger partial charge in [-0.25, -0.2) is 4.98 Å². The van der Waals surface area contributed by atoms with Gasteiger partial charge in [-0.1, -0.05) is 12.1 Å². The molecule has 6 nitrogen and oxygen atoms in total. The van der Waals surface area contributed by atoms with Crippen molar-refractivity contribution in [1.29, 1.82) is 0 Å². The molecular weight excluding hydrogens is 268 g/mol. The van der Waals surface area contributed by atoms with Gasteiger partial charge in [0.05, 0.1) is 11.0 Å². The fraction of sp³-hybridized carbons (Fsp3) is 0.267. The molecule has 0 saturated heterocycles. The zero-order valence-electron chi connectivity index (χ0n) is 11.7. The number of nitrogens with zero attached hydrogens (tertiary/aromatic N) is 2. The van der Waals surface area contributed by atoms with Crippen LogP contribution < -0.4 is 10.6 Å². The second kappa shape index (κ2) is 5.49. The Morgan fingerprint density at radius 2 is 2.29 bits per heavy atom. The molecule has 2 heterocycles. The first-order valence-corrected chi connectivity index (χ1v) is 6.84. The second-order valence-electron chi connectivity index (χ2n) is 5.11. The van der Waals surface area contributed by atoms with Crippen molar-refractivity contribution >= 4 is 17.2 Å². The molecule has 1 aromatic carbocycles. The lowest BCUT2D eigenvalue weighted by atomic mass is 9.99. The Bertz CT molecular complexity index is 700. The van der Waals surface area contributed by atoms with Gasteiger partial charge in [-0.15, -0.1) is 0 Å². The number of aromatic nitrogens is 1. The number of anilines is 2. The van der Waals surface area contributed by atoms with E-state index in [4.69, 9.17) is 0 Å². The zero-order chi connectivity index (χ0) is 14.8. The van der Waals surface area contributed by atoms with Crippen molar-refractivity contribution in [2.75, 3.05) is 11.9 Å². The first-order chi connectivity index (χ1) is 10.1. The van der Waals surface area contributed by atoms with Gasteiger partial charge in [-0.2, -0.15) is 0 Å². The van der Waals surface area contributed by atoms with Crippen LogP contribution in [0.2, 0.25) is 0 Å². The maximum Gasteiger partial charge on any atom is 0.277 e. The Hall–Kier alpha value is -2.47. The molecule has 0 bridgehead atoms. The number of hydrogen-bond acceptors (Lipinski definition) is 5. The molecule has 3 rings (SSSR count). The summed E-state index contributed by atoms with van der Waals surface area (Å²) >= 11 is 0. The lowest BCUT2D eigenvalue weighted by molar-refractivity contribution is -0.385. The van der Waals surface area contributed by atoms with Crippen LogP contribution in [0.15, 0.2) is 30.5 Å². The van der Waals surface area contributed by atoms with Crippen molar-refractivity contribution in [2.45, 2.75) is 19.9 Å². The maximum absolute atomic E-state index is 11.0. The Labute approximate surface area is 122 Å². The Kier molecular flexibility index (Phi) is 3.53. The molecule has 2 N–H and O–H groups in total. The summed E-state index contributed by atoms with van der Waals surface area (Å²) in [4.78, 5) is 14.9. The summed E-state index contributed by atoms with van der Waals surface area (Å²) in [5, 5.41) is 17.5. The van der Waals surface area contributed by atoms with Crippen LogP contribution in [0.4, 0.5) is 17.2 Å². The summed E-state index contributed by atoms with van der Waals surface area (Å²) in [7, 11) is 0. The van der Waals surface area contributed by atoms with Crippen molar-refractivity contribution in [3.8, 4) is 0 Å². The molecule has 0 radical (unpaired) electrons. The van der Waals surface area contributed by atoms with Crippen molar-refractivity contribution < 1.29 is 4.92 Å². The molecule has 21 heavy (non-hydrogen) atoms. The van der Waals surface area contributed by atoms with Crippen LogP contribution >= 0.6 is 0 Å². The van der Waals surface area contributed by atoms with E-state index in [1.54, 1.807) is 6.92 Å². The van der Waals surface area contributed by atoms with Crippen LogP contribution in [0, 0.1) is 17.0 Å². The normalized spacial score (nSPS) is 13.6. The van der Waals surface area contributed by atoms with Gasteiger partial charge in [0.2, 0.25) is 0 Å². The second-order valence-corrected chi connectivity index (χ2v) is 5.11. The summed E-state index contributed by atoms with van der Waals surface area (Å²) in [5.41, 5.74) is 4.12. The van der Waals surface area contributed by atoms with Crippen LogP contribution in [-0.2, 0) is 13.0 Å². The minimum absolute atomic E-state index is 0.0824. The zero-order valence-corrected chi connectivity index (χ0v) is 11.7. The molecule has 6 heteroatoms. The van der Waals surface area contributed by atoms with Crippen molar-refractivity contribution in [3.63, 3.8) is 0 Å². The molecule has 108 valence electrons. The summed E-state index contributed by atoms with van der Waals surface area (Å²) in [6.07, 6.45) is 2.46. The topological polar surface area (TPSA) is 80.1 Å². The van der Waals surface area contributed by atoms with E-state index in [-0.39, 0.29) is 10.6 Å². The minimum Gasteiger partial charge on any atom is -0.340 e. The van der Waals surface area contributed by atoms with Crippen molar-refractivity contribution in [2.24, 2.45) is 0 Å². The number of aryl methyl sites for hydroxylation is 1. The fourth-order valence-electron chi connectivity index (χ4n) is 2.57. The smallest absolute Gasteiger partial charge is 0.277 e. The molecule has 0 spiro atoms. The van der Waals surface area contributed by atoms with Crippen LogP contribution in [0.3, 0.4) is 0 Å². The lowest BCUT2D eigenvalue weighted by Gasteiger charge is -2.20. The van der Waals surface area contributed by atoms with E-state index in [1.807, 2.05) is 12.1 Å². The average molecular weight is 284 g/mol. The maximum atomic E-state index is 11.0. The lowest BCUT2D eigenvalue weighted by Crippen LogP contribution is -2.24. The number of pyridine rings is 1. The molecule has 0 unspecified atom stereocenters. The molecule has 0 fully saturated rings. The van der Waals surface area contributed by atoms with E-state index in [9.17, 15) is 10.1 Å². The van der Waals surface area contributed by atoms with Gasteiger partial charge in [-0.05, 0) is 37.1 Å². The summed E-state index contributed by atoms with van der Waals surface area (Å²) in [6.45, 7) is 3.48. The molecule has 1 aliphatic rings. The average Bonchev–Trinajstić information content (AvgIpc) is 2.49. The van der Waals surface area contributed by atoms with Gasteiger partial charge in [-0.3, -0.25) is 10.1 Å². The number of benzene rings is 1. The van der Waals surface area contributed by atoms with E-state index < -0.39 is 0 Å². The van der Waals surface area contributed by atoms with E-state index >= 15 is 0 Å². The van der Waals surface area contributed by atoms with Crippen molar-refractivity contribution in [1.82, 2.24) is 10.3 Å². The van der Waals surface area contributed by atoms with Crippen LogP contribution in [0.25, 0.3) is 0 Å².